The molecule has 47 heavy (non-hydrogen) atoms. The summed E-state index contributed by atoms with van der Waals surface area (Å²) in [5.74, 6) is 1.37. The summed E-state index contributed by atoms with van der Waals surface area (Å²) in [4.78, 5) is 28.5. The third-order valence-corrected chi connectivity index (χ3v) is 13.8. The molecule has 1 aromatic heterocycles. The van der Waals surface area contributed by atoms with Crippen molar-refractivity contribution in [1.29, 1.82) is 0 Å². The normalized spacial score (nSPS) is 20.3. The van der Waals surface area contributed by atoms with Gasteiger partial charge in [0.05, 0.1) is 20.8 Å². The predicted molar refractivity (Wildman–Crippen MR) is 182 cm³/mol. The van der Waals surface area contributed by atoms with E-state index in [1.807, 2.05) is 92.0 Å². The zero-order valence-electron chi connectivity index (χ0n) is 27.9. The molecule has 1 aliphatic heterocycles. The molecule has 10 nitrogen and oxygen atoms in total. The van der Waals surface area contributed by atoms with Gasteiger partial charge in [0.2, 0.25) is 0 Å². The number of aromatic amines is 1. The van der Waals surface area contributed by atoms with Crippen molar-refractivity contribution >= 4 is 8.32 Å². The second-order valence-electron chi connectivity index (χ2n) is 13.2. The van der Waals surface area contributed by atoms with E-state index in [4.69, 9.17) is 23.4 Å². The third-order valence-electron chi connectivity index (χ3n) is 9.33. The van der Waals surface area contributed by atoms with E-state index in [9.17, 15) is 14.7 Å². The number of benzene rings is 3. The van der Waals surface area contributed by atoms with E-state index in [2.05, 4.69) is 25.8 Å². The number of aliphatic hydroxyl groups excluding tert-OH is 1. The third kappa shape index (κ3) is 6.72. The molecular weight excluding hydrogens is 616 g/mol. The molecule has 2 heterocycles. The van der Waals surface area contributed by atoms with Crippen molar-refractivity contribution < 1.29 is 28.5 Å². The van der Waals surface area contributed by atoms with E-state index < -0.39 is 49.7 Å². The lowest BCUT2D eigenvalue weighted by molar-refractivity contribution is -0.0962. The van der Waals surface area contributed by atoms with Crippen LogP contribution in [0, 0.1) is 0 Å². The molecule has 1 aliphatic rings. The number of aliphatic hydroxyl groups is 1. The average Bonchev–Trinajstić information content (AvgIpc) is 3.35. The first kappa shape index (κ1) is 34.3. The maximum atomic E-state index is 13.0. The van der Waals surface area contributed by atoms with Crippen molar-refractivity contribution in [2.75, 3.05) is 20.8 Å². The van der Waals surface area contributed by atoms with Crippen LogP contribution in [0.5, 0.6) is 11.5 Å². The van der Waals surface area contributed by atoms with Crippen molar-refractivity contribution in [2.24, 2.45) is 0 Å². The van der Waals surface area contributed by atoms with Crippen LogP contribution in [0.1, 0.15) is 43.7 Å². The number of nitrogens with zero attached hydrogens (tertiary/aromatic N) is 1. The lowest BCUT2D eigenvalue weighted by Crippen LogP contribution is -2.51. The molecule has 0 amide bonds. The van der Waals surface area contributed by atoms with Gasteiger partial charge in [-0.05, 0) is 59.1 Å². The lowest BCUT2D eigenvalue weighted by atomic mass is 9.80. The maximum absolute atomic E-state index is 13.0. The van der Waals surface area contributed by atoms with Crippen LogP contribution in [0.3, 0.4) is 0 Å². The van der Waals surface area contributed by atoms with Crippen LogP contribution >= 0.6 is 0 Å². The van der Waals surface area contributed by atoms with E-state index in [-0.39, 0.29) is 11.6 Å². The Hall–Kier alpha value is -4.00. The minimum Gasteiger partial charge on any atom is -0.497 e. The first-order chi connectivity index (χ1) is 22.3. The van der Waals surface area contributed by atoms with Crippen molar-refractivity contribution in [3.05, 3.63) is 129 Å². The predicted octanol–water partition coefficient (Wildman–Crippen LogP) is 5.21. The van der Waals surface area contributed by atoms with Crippen LogP contribution in [0.25, 0.3) is 0 Å². The molecule has 4 atom stereocenters. The Morgan fingerprint density at radius 2 is 1.36 bits per heavy atom. The van der Waals surface area contributed by atoms with Crippen molar-refractivity contribution in [3.8, 4) is 11.5 Å². The Kier molecular flexibility index (Phi) is 9.95. The number of aromatic nitrogens is 2. The highest BCUT2D eigenvalue weighted by Crippen LogP contribution is 2.44. The number of ether oxygens (including phenoxy) is 4. The van der Waals surface area contributed by atoms with E-state index >= 15 is 0 Å². The van der Waals surface area contributed by atoms with Crippen LogP contribution in [0.4, 0.5) is 0 Å². The van der Waals surface area contributed by atoms with Crippen molar-refractivity contribution in [2.45, 2.75) is 69.0 Å². The summed E-state index contributed by atoms with van der Waals surface area (Å²) in [6.07, 6.45) is -3.08. The molecular formula is C36H44N2O8Si. The molecule has 250 valence electrons. The Labute approximate surface area is 276 Å². The summed E-state index contributed by atoms with van der Waals surface area (Å²) >= 11 is 0. The number of rotatable bonds is 11. The summed E-state index contributed by atoms with van der Waals surface area (Å²) < 4.78 is 31.9. The Morgan fingerprint density at radius 3 is 1.85 bits per heavy atom. The fourth-order valence-corrected chi connectivity index (χ4v) is 6.95. The fraction of sp³-hybridized carbons (Fsp3) is 0.389. The summed E-state index contributed by atoms with van der Waals surface area (Å²) in [7, 11) is 0.704. The number of hydrogen-bond acceptors (Lipinski definition) is 8. The summed E-state index contributed by atoms with van der Waals surface area (Å²) in [5, 5.41) is 11.7. The Morgan fingerprint density at radius 1 is 0.830 bits per heavy atom. The highest BCUT2D eigenvalue weighted by Gasteiger charge is 2.52. The molecule has 0 unspecified atom stereocenters. The monoisotopic (exact) mass is 660 g/mol. The van der Waals surface area contributed by atoms with E-state index in [1.165, 1.54) is 12.3 Å². The van der Waals surface area contributed by atoms with Gasteiger partial charge in [-0.1, -0.05) is 75.4 Å². The van der Waals surface area contributed by atoms with Gasteiger partial charge in [0.1, 0.15) is 35.4 Å². The molecule has 11 heteroatoms. The standard InChI is InChI=1S/C36H44N2O8Si/c1-35(2,3)47(6,7)46-32-31(40)29(45-33(32)38-30(39)21-22-37-34(38)41)23-44-36(24-11-9-8-10-12-24,25-13-17-27(42-4)18-14-25)26-15-19-28(43-5)20-16-26/h8-22,29,31-33,40H,23H2,1-7H3,(H,37,41)/t29-,31-,32-,33-/m1/s1. The fourth-order valence-electron chi connectivity index (χ4n) is 5.66. The van der Waals surface area contributed by atoms with Gasteiger partial charge in [-0.25, -0.2) is 9.36 Å². The highest BCUT2D eigenvalue weighted by molar-refractivity contribution is 6.74. The summed E-state index contributed by atoms with van der Waals surface area (Å²) in [6, 6.07) is 26.3. The minimum atomic E-state index is -2.52. The molecule has 2 N–H and O–H groups in total. The molecule has 1 saturated heterocycles. The van der Waals surface area contributed by atoms with E-state index in [1.54, 1.807) is 14.2 Å². The Balaban J connectivity index is 1.60. The zero-order chi connectivity index (χ0) is 34.0. The van der Waals surface area contributed by atoms with E-state index in [0.29, 0.717) is 11.5 Å². The number of nitrogens with one attached hydrogen (secondary N) is 1. The molecule has 4 aromatic rings. The molecule has 1 fully saturated rings. The van der Waals surface area contributed by atoms with Crippen molar-refractivity contribution in [1.82, 2.24) is 9.55 Å². The topological polar surface area (TPSA) is 121 Å². The summed E-state index contributed by atoms with van der Waals surface area (Å²) in [5.41, 5.74) is 0.0652. The first-order valence-corrected chi connectivity index (χ1v) is 18.5. The van der Waals surface area contributed by atoms with Crippen molar-refractivity contribution in [3.63, 3.8) is 0 Å². The Bertz CT molecular complexity index is 1670. The van der Waals surface area contributed by atoms with Crippen LogP contribution in [0.2, 0.25) is 18.1 Å². The number of methoxy groups -OCH3 is 2. The van der Waals surface area contributed by atoms with Crippen LogP contribution in [-0.2, 0) is 19.5 Å². The molecule has 0 bridgehead atoms. The number of H-pyrrole nitrogens is 1. The quantitative estimate of drug-likeness (QED) is 0.166. The maximum Gasteiger partial charge on any atom is 0.330 e. The second kappa shape index (κ2) is 13.6. The molecule has 0 spiro atoms. The second-order valence-corrected chi connectivity index (χ2v) is 18.0. The smallest absolute Gasteiger partial charge is 0.330 e. The van der Waals surface area contributed by atoms with Gasteiger partial charge in [0.25, 0.3) is 5.56 Å². The van der Waals surface area contributed by atoms with Gasteiger partial charge in [0, 0.05) is 12.3 Å². The molecule has 0 radical (unpaired) electrons. The van der Waals surface area contributed by atoms with Crippen LogP contribution in [0.15, 0.2) is 101 Å². The lowest BCUT2D eigenvalue weighted by Gasteiger charge is -2.40. The highest BCUT2D eigenvalue weighted by atomic mass is 28.4. The minimum absolute atomic E-state index is 0.110. The number of hydrogen-bond donors (Lipinski definition) is 2. The summed E-state index contributed by atoms with van der Waals surface area (Å²) in [6.45, 7) is 10.2. The van der Waals surface area contributed by atoms with Gasteiger partial charge in [0.15, 0.2) is 14.5 Å². The van der Waals surface area contributed by atoms with E-state index in [0.717, 1.165) is 21.3 Å². The molecule has 3 aromatic carbocycles. The largest absolute Gasteiger partial charge is 0.497 e. The average molecular weight is 661 g/mol. The SMILES string of the molecule is COc1ccc(C(OC[C@H]2O[C@@H](n3c(=O)cc[nH]c3=O)[C@H](O[Si](C)(C)C(C)(C)C)[C@@H]2O)(c2ccccc2)c2ccc(OC)cc2)cc1. The molecule has 0 saturated carbocycles. The molecule has 0 aliphatic carbocycles. The van der Waals surface area contributed by atoms with Gasteiger partial charge in [-0.15, -0.1) is 0 Å². The van der Waals surface area contributed by atoms with Gasteiger partial charge in [-0.3, -0.25) is 4.79 Å². The van der Waals surface area contributed by atoms with Gasteiger partial charge in [-0.2, -0.15) is 0 Å². The van der Waals surface area contributed by atoms with Crippen LogP contribution in [-0.4, -0.2) is 62.1 Å². The molecule has 5 rings (SSSR count). The van der Waals surface area contributed by atoms with Gasteiger partial charge >= 0.3 is 5.69 Å². The van der Waals surface area contributed by atoms with Crippen LogP contribution < -0.4 is 20.7 Å². The first-order valence-electron chi connectivity index (χ1n) is 15.6. The van der Waals surface area contributed by atoms with Gasteiger partial charge < -0.3 is 33.5 Å². The zero-order valence-corrected chi connectivity index (χ0v) is 28.9.